The molecule has 0 aliphatic carbocycles. The fourth-order valence-corrected chi connectivity index (χ4v) is 2.70. The van der Waals surface area contributed by atoms with Gasteiger partial charge in [0, 0.05) is 5.56 Å². The van der Waals surface area contributed by atoms with Crippen molar-refractivity contribution in [1.29, 1.82) is 0 Å². The van der Waals surface area contributed by atoms with E-state index in [2.05, 4.69) is 4.98 Å². The van der Waals surface area contributed by atoms with Crippen LogP contribution in [0.1, 0.15) is 10.4 Å². The van der Waals surface area contributed by atoms with Crippen LogP contribution in [0.5, 0.6) is 0 Å². The highest BCUT2D eigenvalue weighted by molar-refractivity contribution is 7.17. The summed E-state index contributed by atoms with van der Waals surface area (Å²) in [6, 6.07) is 4.59. The van der Waals surface area contributed by atoms with Gasteiger partial charge in [-0.1, -0.05) is 0 Å². The first kappa shape index (κ1) is 13.6. The van der Waals surface area contributed by atoms with Crippen molar-refractivity contribution in [2.75, 3.05) is 0 Å². The number of carbonyl (C=O) groups is 1. The first-order chi connectivity index (χ1) is 10.1. The molecule has 0 amide bonds. The fourth-order valence-electron chi connectivity index (χ4n) is 1.91. The summed E-state index contributed by atoms with van der Waals surface area (Å²) < 4.78 is 27.6. The quantitative estimate of drug-likeness (QED) is 0.699. The number of halogens is 2. The second-order valence-corrected chi connectivity index (χ2v) is 5.28. The third-order valence-corrected chi connectivity index (χ3v) is 3.88. The van der Waals surface area contributed by atoms with Gasteiger partial charge < -0.3 is 0 Å². The average molecular weight is 306 g/mol. The second-order valence-electron chi connectivity index (χ2n) is 4.36. The highest BCUT2D eigenvalue weighted by Crippen LogP contribution is 2.14. The van der Waals surface area contributed by atoms with Gasteiger partial charge in [0.15, 0.2) is 17.4 Å². The molecule has 3 rings (SSSR count). The van der Waals surface area contributed by atoms with E-state index < -0.39 is 17.4 Å². The lowest BCUT2D eigenvalue weighted by atomic mass is 10.1. The van der Waals surface area contributed by atoms with Gasteiger partial charge in [0.1, 0.15) is 4.70 Å². The number of nitrogens with zero attached hydrogens (tertiary/aromatic N) is 2. The van der Waals surface area contributed by atoms with Crippen LogP contribution in [0.25, 0.3) is 10.2 Å². The lowest BCUT2D eigenvalue weighted by Crippen LogP contribution is -2.24. The molecule has 0 unspecified atom stereocenters. The van der Waals surface area contributed by atoms with Crippen molar-refractivity contribution in [3.05, 3.63) is 63.5 Å². The van der Waals surface area contributed by atoms with Gasteiger partial charge in [-0.05, 0) is 29.6 Å². The van der Waals surface area contributed by atoms with E-state index in [0.29, 0.717) is 10.2 Å². The standard InChI is InChI=1S/C14H8F2N2O2S/c15-9-2-1-8(5-10(9)16)12(19)6-18-7-17-11-3-4-21-13(11)14(18)20/h1-5,7H,6H2. The smallest absolute Gasteiger partial charge is 0.271 e. The van der Waals surface area contributed by atoms with Crippen LogP contribution in [0.4, 0.5) is 8.78 Å². The summed E-state index contributed by atoms with van der Waals surface area (Å²) in [6.45, 7) is -0.273. The predicted molar refractivity (Wildman–Crippen MR) is 74.6 cm³/mol. The van der Waals surface area contributed by atoms with Crippen molar-refractivity contribution in [2.45, 2.75) is 6.54 Å². The molecule has 0 atom stereocenters. The highest BCUT2D eigenvalue weighted by Gasteiger charge is 2.13. The molecule has 0 bridgehead atoms. The van der Waals surface area contributed by atoms with Gasteiger partial charge in [-0.3, -0.25) is 14.2 Å². The summed E-state index contributed by atoms with van der Waals surface area (Å²) >= 11 is 1.24. The first-order valence-corrected chi connectivity index (χ1v) is 6.85. The van der Waals surface area contributed by atoms with E-state index in [4.69, 9.17) is 0 Å². The molecule has 0 aliphatic rings. The number of hydrogen-bond acceptors (Lipinski definition) is 4. The third-order valence-electron chi connectivity index (χ3n) is 2.99. The van der Waals surface area contributed by atoms with Crippen LogP contribution >= 0.6 is 11.3 Å². The van der Waals surface area contributed by atoms with Gasteiger partial charge in [0.2, 0.25) is 0 Å². The zero-order valence-corrected chi connectivity index (χ0v) is 11.4. The molecule has 0 saturated heterocycles. The molecule has 7 heteroatoms. The Morgan fingerprint density at radius 1 is 1.24 bits per heavy atom. The molecule has 106 valence electrons. The minimum Gasteiger partial charge on any atom is -0.292 e. The van der Waals surface area contributed by atoms with Crippen LogP contribution in [0.15, 0.2) is 40.8 Å². The zero-order chi connectivity index (χ0) is 15.0. The summed E-state index contributed by atoms with van der Waals surface area (Å²) in [5.74, 6) is -2.61. The van der Waals surface area contributed by atoms with Gasteiger partial charge in [-0.2, -0.15) is 0 Å². The third kappa shape index (κ3) is 2.47. The van der Waals surface area contributed by atoms with Crippen molar-refractivity contribution >= 4 is 27.3 Å². The van der Waals surface area contributed by atoms with E-state index in [1.54, 1.807) is 11.4 Å². The summed E-state index contributed by atoms with van der Waals surface area (Å²) in [5.41, 5.74) is 0.250. The second kappa shape index (κ2) is 5.17. The molecular weight excluding hydrogens is 298 g/mol. The molecule has 0 spiro atoms. The average Bonchev–Trinajstić information content (AvgIpc) is 2.94. The van der Waals surface area contributed by atoms with Gasteiger partial charge in [0.05, 0.1) is 18.4 Å². The molecule has 0 N–H and O–H groups in total. The van der Waals surface area contributed by atoms with E-state index >= 15 is 0 Å². The Balaban J connectivity index is 1.94. The number of thiophene rings is 1. The van der Waals surface area contributed by atoms with E-state index in [-0.39, 0.29) is 17.7 Å². The predicted octanol–water partition coefficient (Wildman–Crippen LogP) is 2.62. The Morgan fingerprint density at radius 2 is 2.05 bits per heavy atom. The van der Waals surface area contributed by atoms with Crippen molar-refractivity contribution in [1.82, 2.24) is 9.55 Å². The molecule has 2 heterocycles. The number of benzene rings is 1. The number of fused-ring (bicyclic) bond motifs is 1. The minimum atomic E-state index is -1.10. The maximum Gasteiger partial charge on any atom is 0.271 e. The molecule has 2 aromatic heterocycles. The summed E-state index contributed by atoms with van der Waals surface area (Å²) in [4.78, 5) is 28.2. The van der Waals surface area contributed by atoms with Crippen LogP contribution in [0, 0.1) is 11.6 Å². The summed E-state index contributed by atoms with van der Waals surface area (Å²) in [6.07, 6.45) is 1.27. The molecule has 1 aromatic carbocycles. The van der Waals surface area contributed by atoms with Crippen LogP contribution in [-0.2, 0) is 6.54 Å². The lowest BCUT2D eigenvalue weighted by molar-refractivity contribution is 0.0970. The molecule has 21 heavy (non-hydrogen) atoms. The van der Waals surface area contributed by atoms with Crippen molar-refractivity contribution in [2.24, 2.45) is 0 Å². The van der Waals surface area contributed by atoms with Gasteiger partial charge in [-0.25, -0.2) is 13.8 Å². The Morgan fingerprint density at radius 3 is 2.81 bits per heavy atom. The summed E-state index contributed by atoms with van der Waals surface area (Å²) in [7, 11) is 0. The van der Waals surface area contributed by atoms with Crippen LogP contribution in [0.2, 0.25) is 0 Å². The van der Waals surface area contributed by atoms with E-state index in [1.165, 1.54) is 23.7 Å². The van der Waals surface area contributed by atoms with E-state index in [0.717, 1.165) is 16.7 Å². The topological polar surface area (TPSA) is 52.0 Å². The number of hydrogen-bond donors (Lipinski definition) is 0. The van der Waals surface area contributed by atoms with Crippen molar-refractivity contribution in [3.8, 4) is 0 Å². The number of rotatable bonds is 3. The van der Waals surface area contributed by atoms with Gasteiger partial charge in [0.25, 0.3) is 5.56 Å². The lowest BCUT2D eigenvalue weighted by Gasteiger charge is -2.05. The van der Waals surface area contributed by atoms with Crippen molar-refractivity contribution in [3.63, 3.8) is 0 Å². The highest BCUT2D eigenvalue weighted by atomic mass is 32.1. The maximum atomic E-state index is 13.1. The minimum absolute atomic E-state index is 0.00655. The van der Waals surface area contributed by atoms with E-state index in [1.807, 2.05) is 0 Å². The Hall–Kier alpha value is -2.41. The summed E-state index contributed by atoms with van der Waals surface area (Å²) in [5, 5.41) is 1.74. The zero-order valence-electron chi connectivity index (χ0n) is 10.5. The normalized spacial score (nSPS) is 11.0. The van der Waals surface area contributed by atoms with Crippen molar-refractivity contribution < 1.29 is 13.6 Å². The molecule has 3 aromatic rings. The molecule has 0 fully saturated rings. The molecule has 0 radical (unpaired) electrons. The molecule has 0 aliphatic heterocycles. The van der Waals surface area contributed by atoms with Crippen LogP contribution in [-0.4, -0.2) is 15.3 Å². The number of ketones is 1. The Labute approximate surface area is 121 Å². The Bertz CT molecular complexity index is 901. The fraction of sp³-hybridized carbons (Fsp3) is 0.0714. The number of carbonyl (C=O) groups excluding carboxylic acids is 1. The van der Waals surface area contributed by atoms with Crippen LogP contribution in [0.3, 0.4) is 0 Å². The van der Waals surface area contributed by atoms with Gasteiger partial charge >= 0.3 is 0 Å². The number of aromatic nitrogens is 2. The van der Waals surface area contributed by atoms with E-state index in [9.17, 15) is 18.4 Å². The van der Waals surface area contributed by atoms with Crippen LogP contribution < -0.4 is 5.56 Å². The maximum absolute atomic E-state index is 13.1. The Kier molecular flexibility index (Phi) is 3.34. The molecule has 0 saturated carbocycles. The number of Topliss-reactive ketones (excluding diaryl/α,β-unsaturated/α-hetero) is 1. The SMILES string of the molecule is O=C(Cn1cnc2ccsc2c1=O)c1ccc(F)c(F)c1. The van der Waals surface area contributed by atoms with Gasteiger partial charge in [-0.15, -0.1) is 11.3 Å². The first-order valence-electron chi connectivity index (χ1n) is 5.97. The molecule has 4 nitrogen and oxygen atoms in total. The molecular formula is C14H8F2N2O2S. The monoisotopic (exact) mass is 306 g/mol. The largest absolute Gasteiger partial charge is 0.292 e.